The van der Waals surface area contributed by atoms with Crippen LogP contribution in [0.25, 0.3) is 0 Å². The van der Waals surface area contributed by atoms with Gasteiger partial charge >= 0.3 is 0 Å². The fourth-order valence-corrected chi connectivity index (χ4v) is 1.86. The number of methoxy groups -OCH3 is 1. The molecule has 0 aliphatic rings. The van der Waals surface area contributed by atoms with E-state index in [9.17, 15) is 0 Å². The molecule has 0 saturated heterocycles. The van der Waals surface area contributed by atoms with Crippen molar-refractivity contribution in [3.63, 3.8) is 0 Å². The van der Waals surface area contributed by atoms with Crippen LogP contribution < -0.4 is 10.1 Å². The fraction of sp³-hybridized carbons (Fsp3) is 0.625. The third-order valence-corrected chi connectivity index (χ3v) is 2.84. The molecule has 0 radical (unpaired) electrons. The number of benzene rings is 1. The lowest BCUT2D eigenvalue weighted by molar-refractivity contribution is -0.0150. The SMILES string of the molecule is CCCNC(COC(C)(C)C)c1ccccc1OC. The van der Waals surface area contributed by atoms with Gasteiger partial charge in [-0.25, -0.2) is 0 Å². The summed E-state index contributed by atoms with van der Waals surface area (Å²) in [6, 6.07) is 8.28. The second kappa shape index (κ2) is 7.51. The van der Waals surface area contributed by atoms with Crippen LogP contribution in [-0.4, -0.2) is 25.9 Å². The predicted octanol–water partition coefficient (Wildman–Crippen LogP) is 3.55. The summed E-state index contributed by atoms with van der Waals surface area (Å²) in [6.07, 6.45) is 1.10. The van der Waals surface area contributed by atoms with Crippen LogP contribution in [0, 0.1) is 0 Å². The molecule has 0 amide bonds. The van der Waals surface area contributed by atoms with Crippen molar-refractivity contribution in [1.29, 1.82) is 0 Å². The molecule has 1 unspecified atom stereocenters. The molecule has 3 heteroatoms. The molecule has 0 saturated carbocycles. The van der Waals surface area contributed by atoms with Gasteiger partial charge in [-0.2, -0.15) is 0 Å². The summed E-state index contributed by atoms with van der Waals surface area (Å²) in [5.41, 5.74) is 1.02. The van der Waals surface area contributed by atoms with Gasteiger partial charge in [-0.15, -0.1) is 0 Å². The zero-order valence-electron chi connectivity index (χ0n) is 12.8. The first-order valence-electron chi connectivity index (χ1n) is 6.98. The minimum Gasteiger partial charge on any atom is -0.496 e. The molecule has 0 aliphatic heterocycles. The number of nitrogens with one attached hydrogen (secondary N) is 1. The van der Waals surface area contributed by atoms with Crippen LogP contribution >= 0.6 is 0 Å². The smallest absolute Gasteiger partial charge is 0.123 e. The Morgan fingerprint density at radius 2 is 1.89 bits per heavy atom. The third kappa shape index (κ3) is 5.62. The van der Waals surface area contributed by atoms with E-state index in [1.807, 2.05) is 18.2 Å². The molecule has 0 spiro atoms. The molecule has 3 nitrogen and oxygen atoms in total. The van der Waals surface area contributed by atoms with E-state index in [1.54, 1.807) is 7.11 Å². The van der Waals surface area contributed by atoms with Crippen molar-refractivity contribution in [2.24, 2.45) is 0 Å². The van der Waals surface area contributed by atoms with Crippen molar-refractivity contribution < 1.29 is 9.47 Å². The quantitative estimate of drug-likeness (QED) is 0.818. The van der Waals surface area contributed by atoms with Gasteiger partial charge in [-0.3, -0.25) is 0 Å². The molecule has 1 aromatic carbocycles. The normalized spacial score (nSPS) is 13.3. The van der Waals surface area contributed by atoms with E-state index in [0.717, 1.165) is 24.3 Å². The van der Waals surface area contributed by atoms with Crippen LogP contribution in [0.5, 0.6) is 5.75 Å². The molecule has 0 fully saturated rings. The van der Waals surface area contributed by atoms with Crippen LogP contribution in [0.2, 0.25) is 0 Å². The van der Waals surface area contributed by atoms with Crippen molar-refractivity contribution >= 4 is 0 Å². The lowest BCUT2D eigenvalue weighted by Crippen LogP contribution is -2.31. The maximum Gasteiger partial charge on any atom is 0.123 e. The Kier molecular flexibility index (Phi) is 6.32. The molecule has 108 valence electrons. The van der Waals surface area contributed by atoms with E-state index in [1.165, 1.54) is 0 Å². The topological polar surface area (TPSA) is 30.5 Å². The van der Waals surface area contributed by atoms with E-state index in [0.29, 0.717) is 6.61 Å². The van der Waals surface area contributed by atoms with Crippen molar-refractivity contribution in [3.05, 3.63) is 29.8 Å². The Morgan fingerprint density at radius 1 is 1.21 bits per heavy atom. The standard InChI is InChI=1S/C16H27NO2/c1-6-11-17-14(12-19-16(2,3)4)13-9-7-8-10-15(13)18-5/h7-10,14,17H,6,11-12H2,1-5H3. The van der Waals surface area contributed by atoms with Crippen LogP contribution in [0.15, 0.2) is 24.3 Å². The maximum absolute atomic E-state index is 5.92. The molecular weight excluding hydrogens is 238 g/mol. The average Bonchev–Trinajstić information content (AvgIpc) is 2.38. The van der Waals surface area contributed by atoms with Crippen LogP contribution in [0.3, 0.4) is 0 Å². The number of rotatable bonds is 7. The predicted molar refractivity (Wildman–Crippen MR) is 79.7 cm³/mol. The number of hydrogen-bond donors (Lipinski definition) is 1. The van der Waals surface area contributed by atoms with E-state index in [4.69, 9.17) is 9.47 Å². The van der Waals surface area contributed by atoms with Gasteiger partial charge < -0.3 is 14.8 Å². The van der Waals surface area contributed by atoms with Gasteiger partial charge in [-0.1, -0.05) is 25.1 Å². The summed E-state index contributed by atoms with van der Waals surface area (Å²) in [5.74, 6) is 0.911. The van der Waals surface area contributed by atoms with E-state index < -0.39 is 0 Å². The number of para-hydroxylation sites is 1. The summed E-state index contributed by atoms with van der Waals surface area (Å²) < 4.78 is 11.4. The molecule has 1 aromatic rings. The zero-order chi connectivity index (χ0) is 14.3. The Labute approximate surface area is 117 Å². The summed E-state index contributed by atoms with van der Waals surface area (Å²) in [5, 5.41) is 3.53. The molecule has 0 heterocycles. The van der Waals surface area contributed by atoms with E-state index in [2.05, 4.69) is 39.1 Å². The molecule has 0 bridgehead atoms. The van der Waals surface area contributed by atoms with Gasteiger partial charge in [0.2, 0.25) is 0 Å². The summed E-state index contributed by atoms with van der Waals surface area (Å²) in [6.45, 7) is 10.0. The fourth-order valence-electron chi connectivity index (χ4n) is 1.86. The summed E-state index contributed by atoms with van der Waals surface area (Å²) >= 11 is 0. The molecular formula is C16H27NO2. The first-order valence-corrected chi connectivity index (χ1v) is 6.98. The Bertz CT molecular complexity index is 371. The van der Waals surface area contributed by atoms with Crippen molar-refractivity contribution in [2.75, 3.05) is 20.3 Å². The highest BCUT2D eigenvalue weighted by atomic mass is 16.5. The zero-order valence-corrected chi connectivity index (χ0v) is 12.8. The van der Waals surface area contributed by atoms with Crippen LogP contribution in [0.4, 0.5) is 0 Å². The molecule has 0 aromatic heterocycles. The first kappa shape index (κ1) is 16.0. The maximum atomic E-state index is 5.92. The molecule has 19 heavy (non-hydrogen) atoms. The summed E-state index contributed by atoms with van der Waals surface area (Å²) in [4.78, 5) is 0. The molecule has 1 atom stereocenters. The minimum atomic E-state index is -0.131. The number of hydrogen-bond acceptors (Lipinski definition) is 3. The Morgan fingerprint density at radius 3 is 2.47 bits per heavy atom. The minimum absolute atomic E-state index is 0.131. The third-order valence-electron chi connectivity index (χ3n) is 2.84. The van der Waals surface area contributed by atoms with Crippen molar-refractivity contribution in [2.45, 2.75) is 45.8 Å². The van der Waals surface area contributed by atoms with E-state index >= 15 is 0 Å². The van der Waals surface area contributed by atoms with Gasteiger partial charge in [0.25, 0.3) is 0 Å². The highest BCUT2D eigenvalue weighted by Gasteiger charge is 2.19. The highest BCUT2D eigenvalue weighted by Crippen LogP contribution is 2.26. The largest absolute Gasteiger partial charge is 0.496 e. The van der Waals surface area contributed by atoms with Crippen LogP contribution in [0.1, 0.15) is 45.7 Å². The van der Waals surface area contributed by atoms with Gasteiger partial charge in [0, 0.05) is 5.56 Å². The van der Waals surface area contributed by atoms with Crippen molar-refractivity contribution in [1.82, 2.24) is 5.32 Å². The monoisotopic (exact) mass is 265 g/mol. The average molecular weight is 265 g/mol. The Balaban J connectivity index is 2.82. The molecule has 1 N–H and O–H groups in total. The second-order valence-corrected chi connectivity index (χ2v) is 5.67. The number of ether oxygens (including phenoxy) is 2. The van der Waals surface area contributed by atoms with Gasteiger partial charge in [-0.05, 0) is 39.8 Å². The molecule has 1 rings (SSSR count). The lowest BCUT2D eigenvalue weighted by Gasteiger charge is -2.26. The van der Waals surface area contributed by atoms with Gasteiger partial charge in [0.1, 0.15) is 5.75 Å². The lowest BCUT2D eigenvalue weighted by atomic mass is 10.1. The van der Waals surface area contributed by atoms with Gasteiger partial charge in [0.05, 0.1) is 25.4 Å². The highest BCUT2D eigenvalue weighted by molar-refractivity contribution is 5.36. The molecule has 0 aliphatic carbocycles. The van der Waals surface area contributed by atoms with E-state index in [-0.39, 0.29) is 11.6 Å². The Hall–Kier alpha value is -1.06. The van der Waals surface area contributed by atoms with Gasteiger partial charge in [0.15, 0.2) is 0 Å². The van der Waals surface area contributed by atoms with Crippen molar-refractivity contribution in [3.8, 4) is 5.75 Å². The van der Waals surface area contributed by atoms with Crippen LogP contribution in [-0.2, 0) is 4.74 Å². The second-order valence-electron chi connectivity index (χ2n) is 5.67. The summed E-state index contributed by atoms with van der Waals surface area (Å²) in [7, 11) is 1.71. The first-order chi connectivity index (χ1) is 8.98.